The number of nitro benzene ring substituents is 1. The molecule has 156 valence electrons. The van der Waals surface area contributed by atoms with Gasteiger partial charge in [-0.05, 0) is 12.0 Å². The molecule has 29 heavy (non-hydrogen) atoms. The molecule has 9 heteroatoms. The highest BCUT2D eigenvalue weighted by molar-refractivity contribution is 5.94. The topological polar surface area (TPSA) is 107 Å². The molecule has 2 rings (SSSR count). The van der Waals surface area contributed by atoms with Crippen LogP contribution in [0.5, 0.6) is 17.2 Å². The lowest BCUT2D eigenvalue weighted by Gasteiger charge is -2.16. The molecule has 0 aliphatic heterocycles. The number of rotatable bonds is 9. The first-order valence-corrected chi connectivity index (χ1v) is 9.11. The van der Waals surface area contributed by atoms with Gasteiger partial charge in [0, 0.05) is 36.5 Å². The van der Waals surface area contributed by atoms with Crippen molar-refractivity contribution in [3.05, 3.63) is 52.1 Å². The zero-order chi connectivity index (χ0) is 21.2. The van der Waals surface area contributed by atoms with Gasteiger partial charge in [-0.25, -0.2) is 4.99 Å². The maximum Gasteiger partial charge on any atom is 0.269 e. The summed E-state index contributed by atoms with van der Waals surface area (Å²) in [6.07, 6.45) is 0.924. The van der Waals surface area contributed by atoms with E-state index in [1.54, 1.807) is 45.6 Å². The summed E-state index contributed by atoms with van der Waals surface area (Å²) >= 11 is 0. The first-order valence-electron chi connectivity index (χ1n) is 9.11. The monoisotopic (exact) mass is 402 g/mol. The van der Waals surface area contributed by atoms with E-state index in [2.05, 4.69) is 22.5 Å². The van der Waals surface area contributed by atoms with Gasteiger partial charge in [0.05, 0.1) is 32.8 Å². The lowest BCUT2D eigenvalue weighted by Crippen LogP contribution is -2.31. The number of nitrogens with one attached hydrogen (secondary N) is 2. The molecule has 0 aliphatic carbocycles. The Kier molecular flexibility index (Phi) is 8.08. The second kappa shape index (κ2) is 10.7. The van der Waals surface area contributed by atoms with Crippen LogP contribution in [-0.2, 0) is 6.54 Å². The maximum atomic E-state index is 10.8. The molecule has 9 nitrogen and oxygen atoms in total. The average Bonchev–Trinajstić information content (AvgIpc) is 2.74. The van der Waals surface area contributed by atoms with Gasteiger partial charge < -0.3 is 24.8 Å². The van der Waals surface area contributed by atoms with Crippen LogP contribution >= 0.6 is 0 Å². The highest BCUT2D eigenvalue weighted by Crippen LogP contribution is 2.39. The summed E-state index contributed by atoms with van der Waals surface area (Å²) in [6, 6.07) is 9.90. The van der Waals surface area contributed by atoms with Crippen LogP contribution in [0, 0.1) is 10.1 Å². The first kappa shape index (κ1) is 21.8. The molecule has 0 bridgehead atoms. The van der Waals surface area contributed by atoms with Crippen molar-refractivity contribution in [2.24, 2.45) is 4.99 Å². The van der Waals surface area contributed by atoms with Crippen LogP contribution < -0.4 is 24.8 Å². The highest BCUT2D eigenvalue weighted by atomic mass is 16.6. The SMILES string of the molecule is CCCNC(=NCc1ccc([N+](=O)[O-])cc1)Nc1cc(OC)c(OC)c(OC)c1. The molecule has 2 aromatic carbocycles. The lowest BCUT2D eigenvalue weighted by atomic mass is 10.2. The molecule has 0 unspecified atom stereocenters. The zero-order valence-corrected chi connectivity index (χ0v) is 17.0. The Morgan fingerprint density at radius 1 is 1.07 bits per heavy atom. The summed E-state index contributed by atoms with van der Waals surface area (Å²) < 4.78 is 16.1. The Balaban J connectivity index is 2.23. The molecule has 0 radical (unpaired) electrons. The Bertz CT molecular complexity index is 827. The smallest absolute Gasteiger partial charge is 0.269 e. The van der Waals surface area contributed by atoms with Crippen LogP contribution in [0.25, 0.3) is 0 Å². The largest absolute Gasteiger partial charge is 0.493 e. The second-order valence-corrected chi connectivity index (χ2v) is 6.05. The fourth-order valence-electron chi connectivity index (χ4n) is 2.57. The fraction of sp³-hybridized carbons (Fsp3) is 0.350. The molecule has 0 heterocycles. The number of nitrogens with zero attached hydrogens (tertiary/aromatic N) is 2. The normalized spacial score (nSPS) is 11.0. The summed E-state index contributed by atoms with van der Waals surface area (Å²) in [7, 11) is 4.66. The number of methoxy groups -OCH3 is 3. The van der Waals surface area contributed by atoms with E-state index >= 15 is 0 Å². The predicted molar refractivity (Wildman–Crippen MR) is 112 cm³/mol. The van der Waals surface area contributed by atoms with Crippen LogP contribution in [-0.4, -0.2) is 38.8 Å². The third-order valence-corrected chi connectivity index (χ3v) is 4.04. The molecule has 0 saturated carbocycles. The molecule has 0 atom stereocenters. The summed E-state index contributed by atoms with van der Waals surface area (Å²) in [4.78, 5) is 14.9. The fourth-order valence-corrected chi connectivity index (χ4v) is 2.57. The zero-order valence-electron chi connectivity index (χ0n) is 17.0. The van der Waals surface area contributed by atoms with Gasteiger partial charge in [-0.15, -0.1) is 0 Å². The summed E-state index contributed by atoms with van der Waals surface area (Å²) in [5, 5.41) is 17.2. The number of guanidine groups is 1. The number of ether oxygens (including phenoxy) is 3. The van der Waals surface area contributed by atoms with Crippen LogP contribution in [0.2, 0.25) is 0 Å². The molecule has 0 spiro atoms. The Labute approximate surface area is 169 Å². The van der Waals surface area contributed by atoms with E-state index in [-0.39, 0.29) is 5.69 Å². The number of anilines is 1. The highest BCUT2D eigenvalue weighted by Gasteiger charge is 2.14. The van der Waals surface area contributed by atoms with E-state index in [4.69, 9.17) is 14.2 Å². The molecule has 2 aromatic rings. The summed E-state index contributed by atoms with van der Waals surface area (Å²) in [5.74, 6) is 2.13. The molecule has 0 amide bonds. The Morgan fingerprint density at radius 2 is 1.69 bits per heavy atom. The molecule has 0 saturated heterocycles. The standard InChI is InChI=1S/C20H26N4O5/c1-5-10-21-20(22-13-14-6-8-16(9-7-14)24(25)26)23-15-11-17(27-2)19(29-4)18(12-15)28-3/h6-9,11-12H,5,10,13H2,1-4H3,(H2,21,22,23). The molecular weight excluding hydrogens is 376 g/mol. The molecular formula is C20H26N4O5. The minimum Gasteiger partial charge on any atom is -0.493 e. The lowest BCUT2D eigenvalue weighted by molar-refractivity contribution is -0.384. The third kappa shape index (κ3) is 6.00. The van der Waals surface area contributed by atoms with Gasteiger partial charge in [0.1, 0.15) is 0 Å². The van der Waals surface area contributed by atoms with Crippen LogP contribution in [0.1, 0.15) is 18.9 Å². The summed E-state index contributed by atoms with van der Waals surface area (Å²) in [5.41, 5.74) is 1.63. The van der Waals surface area contributed by atoms with Crippen molar-refractivity contribution in [3.8, 4) is 17.2 Å². The van der Waals surface area contributed by atoms with Crippen LogP contribution in [0.3, 0.4) is 0 Å². The van der Waals surface area contributed by atoms with Gasteiger partial charge >= 0.3 is 0 Å². The van der Waals surface area contributed by atoms with Gasteiger partial charge in [0.2, 0.25) is 5.75 Å². The predicted octanol–water partition coefficient (Wildman–Crippen LogP) is 3.59. The molecule has 0 fully saturated rings. The van der Waals surface area contributed by atoms with Crippen LogP contribution in [0.4, 0.5) is 11.4 Å². The van der Waals surface area contributed by atoms with Gasteiger partial charge in [-0.1, -0.05) is 19.1 Å². The number of hydrogen-bond donors (Lipinski definition) is 2. The minimum atomic E-state index is -0.423. The second-order valence-electron chi connectivity index (χ2n) is 6.05. The number of hydrogen-bond acceptors (Lipinski definition) is 6. The number of aliphatic imine (C=N–C) groups is 1. The van der Waals surface area contributed by atoms with Crippen molar-refractivity contribution >= 4 is 17.3 Å². The van der Waals surface area contributed by atoms with Gasteiger partial charge in [0.25, 0.3) is 5.69 Å². The van der Waals surface area contributed by atoms with Crippen molar-refractivity contribution in [3.63, 3.8) is 0 Å². The van der Waals surface area contributed by atoms with E-state index < -0.39 is 4.92 Å². The van der Waals surface area contributed by atoms with Gasteiger partial charge in [-0.2, -0.15) is 0 Å². The van der Waals surface area contributed by atoms with E-state index in [1.807, 2.05) is 0 Å². The van der Waals surface area contributed by atoms with Crippen molar-refractivity contribution in [1.29, 1.82) is 0 Å². The van der Waals surface area contributed by atoms with Crippen molar-refractivity contribution in [1.82, 2.24) is 5.32 Å². The number of benzene rings is 2. The van der Waals surface area contributed by atoms with Gasteiger partial charge in [0.15, 0.2) is 17.5 Å². The Morgan fingerprint density at radius 3 is 2.17 bits per heavy atom. The first-order chi connectivity index (χ1) is 14.0. The number of nitro groups is 1. The summed E-state index contributed by atoms with van der Waals surface area (Å²) in [6.45, 7) is 3.15. The molecule has 2 N–H and O–H groups in total. The van der Waals surface area contributed by atoms with Crippen molar-refractivity contribution in [2.75, 3.05) is 33.2 Å². The van der Waals surface area contributed by atoms with Crippen LogP contribution in [0.15, 0.2) is 41.4 Å². The Hall–Kier alpha value is -3.49. The van der Waals surface area contributed by atoms with Gasteiger partial charge in [-0.3, -0.25) is 10.1 Å². The van der Waals surface area contributed by atoms with Crippen molar-refractivity contribution in [2.45, 2.75) is 19.9 Å². The van der Waals surface area contributed by atoms with E-state index in [1.165, 1.54) is 12.1 Å². The van der Waals surface area contributed by atoms with E-state index in [0.717, 1.165) is 18.5 Å². The third-order valence-electron chi connectivity index (χ3n) is 4.04. The molecule has 0 aliphatic rings. The molecule has 0 aromatic heterocycles. The number of non-ortho nitro benzene ring substituents is 1. The van der Waals surface area contributed by atoms with Crippen molar-refractivity contribution < 1.29 is 19.1 Å². The van der Waals surface area contributed by atoms with E-state index in [0.29, 0.717) is 35.4 Å². The average molecular weight is 402 g/mol. The van der Waals surface area contributed by atoms with E-state index in [9.17, 15) is 10.1 Å². The minimum absolute atomic E-state index is 0.0533. The quantitative estimate of drug-likeness (QED) is 0.286. The maximum absolute atomic E-state index is 10.8.